The van der Waals surface area contributed by atoms with Crippen LogP contribution in [0, 0.1) is 0 Å². The van der Waals surface area contributed by atoms with E-state index in [9.17, 15) is 14.4 Å². The van der Waals surface area contributed by atoms with E-state index < -0.39 is 18.0 Å². The first kappa shape index (κ1) is 16.9. The van der Waals surface area contributed by atoms with E-state index in [2.05, 4.69) is 5.32 Å². The average Bonchev–Trinajstić information content (AvgIpc) is 2.97. The van der Waals surface area contributed by atoms with Gasteiger partial charge in [0.15, 0.2) is 11.5 Å². The van der Waals surface area contributed by atoms with Crippen molar-refractivity contribution >= 4 is 17.7 Å². The second-order valence-electron chi connectivity index (χ2n) is 4.04. The van der Waals surface area contributed by atoms with E-state index >= 15 is 0 Å². The number of nitrogens with one attached hydrogen (secondary N) is 1. The summed E-state index contributed by atoms with van der Waals surface area (Å²) in [6.07, 6.45) is 1.49. The van der Waals surface area contributed by atoms with Crippen LogP contribution in [0.1, 0.15) is 30.8 Å². The van der Waals surface area contributed by atoms with Crippen molar-refractivity contribution in [3.05, 3.63) is 24.2 Å². The molecular weight excluding hydrogens is 278 g/mol. The summed E-state index contributed by atoms with van der Waals surface area (Å²) in [5.41, 5.74) is 0. The van der Waals surface area contributed by atoms with Crippen LogP contribution in [0.2, 0.25) is 0 Å². The standard InChI is InChI=1S/C14H19NO6/c1-3-19-13(17)12(14(18)20-4-2)15-8-7-10(16)11-6-5-9-21-11/h5-6,9,12,15H,3-4,7-8H2,1-2H3. The average molecular weight is 297 g/mol. The molecule has 0 saturated carbocycles. The van der Waals surface area contributed by atoms with Crippen LogP contribution in [0.4, 0.5) is 0 Å². The van der Waals surface area contributed by atoms with Crippen molar-refractivity contribution in [2.75, 3.05) is 19.8 Å². The maximum absolute atomic E-state index is 11.7. The molecule has 0 aromatic carbocycles. The molecule has 0 atom stereocenters. The summed E-state index contributed by atoms with van der Waals surface area (Å²) in [4.78, 5) is 35.1. The van der Waals surface area contributed by atoms with E-state index in [1.165, 1.54) is 6.26 Å². The van der Waals surface area contributed by atoms with Gasteiger partial charge in [0.05, 0.1) is 19.5 Å². The lowest BCUT2D eigenvalue weighted by molar-refractivity contribution is -0.157. The van der Waals surface area contributed by atoms with Gasteiger partial charge in [0.25, 0.3) is 0 Å². The number of carbonyl (C=O) groups is 3. The van der Waals surface area contributed by atoms with E-state index in [-0.39, 0.29) is 37.7 Å². The Kier molecular flexibility index (Phi) is 7.17. The summed E-state index contributed by atoms with van der Waals surface area (Å²) >= 11 is 0. The van der Waals surface area contributed by atoms with Crippen molar-refractivity contribution < 1.29 is 28.3 Å². The quantitative estimate of drug-likeness (QED) is 0.411. The van der Waals surface area contributed by atoms with E-state index in [1.54, 1.807) is 26.0 Å². The molecule has 0 radical (unpaired) electrons. The van der Waals surface area contributed by atoms with Gasteiger partial charge in [-0.2, -0.15) is 0 Å². The van der Waals surface area contributed by atoms with Gasteiger partial charge in [-0.05, 0) is 26.0 Å². The number of ketones is 1. The molecule has 1 rings (SSSR count). The van der Waals surface area contributed by atoms with Gasteiger partial charge in [-0.1, -0.05) is 0 Å². The molecule has 7 nitrogen and oxygen atoms in total. The van der Waals surface area contributed by atoms with Gasteiger partial charge < -0.3 is 13.9 Å². The number of carbonyl (C=O) groups excluding carboxylic acids is 3. The van der Waals surface area contributed by atoms with Crippen molar-refractivity contribution in [3.63, 3.8) is 0 Å². The molecule has 0 amide bonds. The fraction of sp³-hybridized carbons (Fsp3) is 0.500. The molecule has 7 heteroatoms. The maximum Gasteiger partial charge on any atom is 0.334 e. The summed E-state index contributed by atoms with van der Waals surface area (Å²) in [6.45, 7) is 3.71. The highest BCUT2D eigenvalue weighted by atomic mass is 16.6. The molecular formula is C14H19NO6. The maximum atomic E-state index is 11.7. The van der Waals surface area contributed by atoms with Crippen LogP contribution in [-0.4, -0.2) is 43.5 Å². The first-order chi connectivity index (χ1) is 10.1. The third-order valence-electron chi connectivity index (χ3n) is 2.54. The molecule has 0 aliphatic carbocycles. The molecule has 0 aliphatic heterocycles. The summed E-state index contributed by atoms with van der Waals surface area (Å²) in [7, 11) is 0. The lowest BCUT2D eigenvalue weighted by Gasteiger charge is -2.15. The largest absolute Gasteiger partial charge is 0.464 e. The van der Waals surface area contributed by atoms with Gasteiger partial charge in [0.2, 0.25) is 6.04 Å². The molecule has 0 unspecified atom stereocenters. The Morgan fingerprint density at radius 1 is 1.19 bits per heavy atom. The monoisotopic (exact) mass is 297 g/mol. The zero-order valence-electron chi connectivity index (χ0n) is 12.1. The first-order valence-corrected chi connectivity index (χ1v) is 6.73. The number of Topliss-reactive ketones (excluding diaryl/α,β-unsaturated/α-hetero) is 1. The minimum atomic E-state index is -1.23. The van der Waals surface area contributed by atoms with E-state index in [4.69, 9.17) is 13.9 Å². The Hall–Kier alpha value is -2.15. The molecule has 1 aromatic heterocycles. The fourth-order valence-electron chi connectivity index (χ4n) is 1.60. The number of hydrogen-bond donors (Lipinski definition) is 1. The predicted molar refractivity (Wildman–Crippen MR) is 72.7 cm³/mol. The molecule has 1 N–H and O–H groups in total. The molecule has 0 spiro atoms. The molecule has 21 heavy (non-hydrogen) atoms. The summed E-state index contributed by atoms with van der Waals surface area (Å²) in [5.74, 6) is -1.43. The van der Waals surface area contributed by atoms with E-state index in [1.807, 2.05) is 0 Å². The molecule has 0 fully saturated rings. The number of furan rings is 1. The Bertz CT molecular complexity index is 450. The second kappa shape index (κ2) is 8.91. The molecule has 0 bridgehead atoms. The highest BCUT2D eigenvalue weighted by Crippen LogP contribution is 2.04. The van der Waals surface area contributed by atoms with E-state index in [0.717, 1.165) is 0 Å². The van der Waals surface area contributed by atoms with Crippen molar-refractivity contribution in [2.24, 2.45) is 0 Å². The summed E-state index contributed by atoms with van der Waals surface area (Å²) < 4.78 is 14.6. The SMILES string of the molecule is CCOC(=O)C(NCCC(=O)c1ccco1)C(=O)OCC. The van der Waals surface area contributed by atoms with Crippen LogP contribution < -0.4 is 5.32 Å². The topological polar surface area (TPSA) is 94.8 Å². The minimum absolute atomic E-state index is 0.0861. The number of esters is 2. The Balaban J connectivity index is 2.50. The first-order valence-electron chi connectivity index (χ1n) is 6.73. The fourth-order valence-corrected chi connectivity index (χ4v) is 1.60. The Morgan fingerprint density at radius 3 is 2.29 bits per heavy atom. The number of ether oxygens (including phenoxy) is 2. The van der Waals surface area contributed by atoms with Crippen LogP contribution in [0.5, 0.6) is 0 Å². The van der Waals surface area contributed by atoms with Gasteiger partial charge in [0.1, 0.15) is 0 Å². The van der Waals surface area contributed by atoms with Crippen molar-refractivity contribution in [1.29, 1.82) is 0 Å². The molecule has 116 valence electrons. The zero-order chi connectivity index (χ0) is 15.7. The third-order valence-corrected chi connectivity index (χ3v) is 2.54. The minimum Gasteiger partial charge on any atom is -0.464 e. The smallest absolute Gasteiger partial charge is 0.334 e. The van der Waals surface area contributed by atoms with Crippen molar-refractivity contribution in [1.82, 2.24) is 5.32 Å². The van der Waals surface area contributed by atoms with Gasteiger partial charge in [-0.15, -0.1) is 0 Å². The molecule has 0 saturated heterocycles. The third kappa shape index (κ3) is 5.39. The van der Waals surface area contributed by atoms with Crippen LogP contribution >= 0.6 is 0 Å². The lowest BCUT2D eigenvalue weighted by Crippen LogP contribution is -2.46. The van der Waals surface area contributed by atoms with Crippen molar-refractivity contribution in [2.45, 2.75) is 26.3 Å². The molecule has 0 aliphatic rings. The Morgan fingerprint density at radius 2 is 1.81 bits per heavy atom. The molecule has 1 aromatic rings. The summed E-state index contributed by atoms with van der Waals surface area (Å²) in [6, 6.07) is 1.94. The van der Waals surface area contributed by atoms with Gasteiger partial charge >= 0.3 is 11.9 Å². The normalized spacial score (nSPS) is 10.4. The van der Waals surface area contributed by atoms with Gasteiger partial charge in [-0.25, -0.2) is 9.59 Å². The van der Waals surface area contributed by atoms with Gasteiger partial charge in [-0.3, -0.25) is 10.1 Å². The van der Waals surface area contributed by atoms with Crippen LogP contribution in [0.25, 0.3) is 0 Å². The Labute approximate surface area is 122 Å². The predicted octanol–water partition coefficient (Wildman–Crippen LogP) is 0.937. The highest BCUT2D eigenvalue weighted by Gasteiger charge is 2.29. The summed E-state index contributed by atoms with van der Waals surface area (Å²) in [5, 5.41) is 2.67. The zero-order valence-corrected chi connectivity index (χ0v) is 12.1. The second-order valence-corrected chi connectivity index (χ2v) is 4.04. The molecule has 1 heterocycles. The van der Waals surface area contributed by atoms with E-state index in [0.29, 0.717) is 0 Å². The van der Waals surface area contributed by atoms with Gasteiger partial charge in [0, 0.05) is 13.0 Å². The number of hydrogen-bond acceptors (Lipinski definition) is 7. The van der Waals surface area contributed by atoms with Crippen LogP contribution in [0.15, 0.2) is 22.8 Å². The van der Waals surface area contributed by atoms with Crippen LogP contribution in [-0.2, 0) is 19.1 Å². The van der Waals surface area contributed by atoms with Crippen molar-refractivity contribution in [3.8, 4) is 0 Å². The van der Waals surface area contributed by atoms with Crippen LogP contribution in [0.3, 0.4) is 0 Å². The number of rotatable bonds is 9. The lowest BCUT2D eigenvalue weighted by atomic mass is 10.2. The highest BCUT2D eigenvalue weighted by molar-refractivity contribution is 5.99.